The summed E-state index contributed by atoms with van der Waals surface area (Å²) in [5.74, 6) is 0.402. The van der Waals surface area contributed by atoms with E-state index in [1.54, 1.807) is 18.3 Å². The van der Waals surface area contributed by atoms with Gasteiger partial charge in [0.05, 0.1) is 18.5 Å². The number of amides is 1. The van der Waals surface area contributed by atoms with E-state index in [-0.39, 0.29) is 5.91 Å². The average Bonchev–Trinajstić information content (AvgIpc) is 2.42. The minimum Gasteiger partial charge on any atom is -0.478 e. The average molecular weight is 280 g/mol. The highest BCUT2D eigenvalue weighted by Crippen LogP contribution is 2.21. The molecule has 0 aliphatic carbocycles. The zero-order valence-corrected chi connectivity index (χ0v) is 12.7. The Morgan fingerprint density at radius 2 is 2.05 bits per heavy atom. The minimum atomic E-state index is -0.803. The maximum absolute atomic E-state index is 12.3. The Bertz CT molecular complexity index is 412. The summed E-state index contributed by atoms with van der Waals surface area (Å²) in [4.78, 5) is 16.4. The molecular weight excluding hydrogens is 256 g/mol. The molecular formula is C15H24N2O3. The Labute approximate surface area is 120 Å². The third-order valence-corrected chi connectivity index (χ3v) is 2.96. The van der Waals surface area contributed by atoms with E-state index in [2.05, 4.69) is 10.3 Å². The Kier molecular flexibility index (Phi) is 6.45. The molecule has 0 aromatic carbocycles. The van der Waals surface area contributed by atoms with Crippen molar-refractivity contribution in [2.75, 3.05) is 18.5 Å². The number of pyridine rings is 1. The summed E-state index contributed by atoms with van der Waals surface area (Å²) in [6.45, 7) is 8.71. The molecule has 0 fully saturated rings. The van der Waals surface area contributed by atoms with Gasteiger partial charge in [-0.05, 0) is 33.3 Å². The van der Waals surface area contributed by atoms with E-state index in [0.717, 1.165) is 6.42 Å². The van der Waals surface area contributed by atoms with Crippen LogP contribution in [0.5, 0.6) is 5.88 Å². The van der Waals surface area contributed by atoms with Crippen molar-refractivity contribution < 1.29 is 14.3 Å². The van der Waals surface area contributed by atoms with Crippen LogP contribution in [0.4, 0.5) is 5.69 Å². The van der Waals surface area contributed by atoms with Crippen molar-refractivity contribution in [1.82, 2.24) is 4.98 Å². The van der Waals surface area contributed by atoms with Gasteiger partial charge in [-0.2, -0.15) is 0 Å². The second-order valence-corrected chi connectivity index (χ2v) is 4.69. The molecule has 1 aromatic rings. The van der Waals surface area contributed by atoms with Gasteiger partial charge in [0.2, 0.25) is 5.88 Å². The summed E-state index contributed by atoms with van der Waals surface area (Å²) < 4.78 is 10.9. The lowest BCUT2D eigenvalue weighted by Crippen LogP contribution is -2.42. The molecule has 5 heteroatoms. The first kappa shape index (κ1) is 16.4. The number of ether oxygens (including phenoxy) is 2. The van der Waals surface area contributed by atoms with Crippen molar-refractivity contribution in [2.45, 2.75) is 46.1 Å². The number of carbonyl (C=O) groups excluding carboxylic acids is 1. The van der Waals surface area contributed by atoms with E-state index in [0.29, 0.717) is 31.2 Å². The molecule has 1 amide bonds. The molecule has 1 atom stereocenters. The summed E-state index contributed by atoms with van der Waals surface area (Å²) >= 11 is 0. The lowest BCUT2D eigenvalue weighted by Gasteiger charge is -2.27. The first-order valence-corrected chi connectivity index (χ1v) is 7.10. The molecule has 1 N–H and O–H groups in total. The van der Waals surface area contributed by atoms with E-state index in [1.807, 2.05) is 27.7 Å². The van der Waals surface area contributed by atoms with Crippen molar-refractivity contribution in [3.8, 4) is 5.88 Å². The van der Waals surface area contributed by atoms with Gasteiger partial charge < -0.3 is 14.8 Å². The fourth-order valence-corrected chi connectivity index (χ4v) is 2.00. The van der Waals surface area contributed by atoms with Gasteiger partial charge in [-0.15, -0.1) is 0 Å². The highest BCUT2D eigenvalue weighted by Gasteiger charge is 2.32. The van der Waals surface area contributed by atoms with E-state index in [9.17, 15) is 4.79 Å². The predicted octanol–water partition coefficient (Wildman–Crippen LogP) is 3.01. The Hall–Kier alpha value is -1.62. The third kappa shape index (κ3) is 4.49. The quantitative estimate of drug-likeness (QED) is 0.795. The third-order valence-electron chi connectivity index (χ3n) is 2.96. The first-order chi connectivity index (χ1) is 9.55. The van der Waals surface area contributed by atoms with E-state index in [4.69, 9.17) is 9.47 Å². The van der Waals surface area contributed by atoms with E-state index < -0.39 is 5.60 Å². The molecule has 0 spiro atoms. The molecule has 1 heterocycles. The molecule has 1 rings (SSSR count). The Morgan fingerprint density at radius 3 is 2.55 bits per heavy atom. The lowest BCUT2D eigenvalue weighted by molar-refractivity contribution is -0.139. The van der Waals surface area contributed by atoms with Crippen LogP contribution in [-0.4, -0.2) is 29.7 Å². The van der Waals surface area contributed by atoms with Crippen LogP contribution in [0.1, 0.15) is 40.5 Å². The molecule has 0 aliphatic rings. The van der Waals surface area contributed by atoms with E-state index >= 15 is 0 Å². The Morgan fingerprint density at radius 1 is 1.30 bits per heavy atom. The zero-order chi connectivity index (χ0) is 15.0. The highest BCUT2D eigenvalue weighted by atomic mass is 16.5. The van der Waals surface area contributed by atoms with Gasteiger partial charge in [0.1, 0.15) is 5.60 Å². The summed E-state index contributed by atoms with van der Waals surface area (Å²) in [6.07, 6.45) is 3.14. The van der Waals surface area contributed by atoms with Crippen LogP contribution < -0.4 is 10.1 Å². The van der Waals surface area contributed by atoms with E-state index in [1.165, 1.54) is 0 Å². The van der Waals surface area contributed by atoms with Gasteiger partial charge in [-0.25, -0.2) is 4.98 Å². The van der Waals surface area contributed by atoms with Crippen LogP contribution in [0, 0.1) is 0 Å². The molecule has 0 aliphatic heterocycles. The predicted molar refractivity (Wildman–Crippen MR) is 79.0 cm³/mol. The van der Waals surface area contributed by atoms with Crippen molar-refractivity contribution in [3.63, 3.8) is 0 Å². The van der Waals surface area contributed by atoms with Crippen LogP contribution in [0.3, 0.4) is 0 Å². The number of nitrogens with one attached hydrogen (secondary N) is 1. The van der Waals surface area contributed by atoms with Gasteiger partial charge in [0.25, 0.3) is 5.91 Å². The standard InChI is InChI=1S/C15H24N2O3/c1-5-10-15(4,20-7-3)14(18)17-12-8-9-13(16-11-12)19-6-2/h8-9,11H,5-7,10H2,1-4H3,(H,17,18)/t15-/m0/s1. The van der Waals surface area contributed by atoms with Gasteiger partial charge >= 0.3 is 0 Å². The largest absolute Gasteiger partial charge is 0.478 e. The molecule has 1 aromatic heterocycles. The number of hydrogen-bond acceptors (Lipinski definition) is 4. The number of hydrogen-bond donors (Lipinski definition) is 1. The number of nitrogens with zero attached hydrogens (tertiary/aromatic N) is 1. The van der Waals surface area contributed by atoms with Gasteiger partial charge in [0.15, 0.2) is 0 Å². The summed E-state index contributed by atoms with van der Waals surface area (Å²) in [5, 5.41) is 2.84. The Balaban J connectivity index is 2.72. The molecule has 0 saturated carbocycles. The SMILES string of the molecule is CCC[C@](C)(OCC)C(=O)Nc1ccc(OCC)nc1. The number of anilines is 1. The van der Waals surface area contributed by atoms with Crippen molar-refractivity contribution in [3.05, 3.63) is 18.3 Å². The minimum absolute atomic E-state index is 0.146. The normalized spacial score (nSPS) is 13.6. The van der Waals surface area contributed by atoms with Crippen molar-refractivity contribution in [1.29, 1.82) is 0 Å². The van der Waals surface area contributed by atoms with Gasteiger partial charge in [-0.3, -0.25) is 4.79 Å². The molecule has 5 nitrogen and oxygen atoms in total. The fraction of sp³-hybridized carbons (Fsp3) is 0.600. The molecule has 20 heavy (non-hydrogen) atoms. The number of aromatic nitrogens is 1. The van der Waals surface area contributed by atoms with Crippen LogP contribution in [-0.2, 0) is 9.53 Å². The van der Waals surface area contributed by atoms with Crippen LogP contribution >= 0.6 is 0 Å². The highest BCUT2D eigenvalue weighted by molar-refractivity contribution is 5.96. The number of rotatable bonds is 8. The van der Waals surface area contributed by atoms with Crippen molar-refractivity contribution in [2.24, 2.45) is 0 Å². The first-order valence-electron chi connectivity index (χ1n) is 7.10. The molecule has 0 saturated heterocycles. The molecule has 112 valence electrons. The second kappa shape index (κ2) is 7.85. The monoisotopic (exact) mass is 280 g/mol. The van der Waals surface area contributed by atoms with Crippen LogP contribution in [0.25, 0.3) is 0 Å². The molecule has 0 radical (unpaired) electrons. The lowest BCUT2D eigenvalue weighted by atomic mass is 9.99. The maximum atomic E-state index is 12.3. The molecule has 0 bridgehead atoms. The van der Waals surface area contributed by atoms with Crippen molar-refractivity contribution >= 4 is 11.6 Å². The maximum Gasteiger partial charge on any atom is 0.256 e. The zero-order valence-electron chi connectivity index (χ0n) is 12.7. The topological polar surface area (TPSA) is 60.5 Å². The van der Waals surface area contributed by atoms with Crippen LogP contribution in [0.15, 0.2) is 18.3 Å². The smallest absolute Gasteiger partial charge is 0.256 e. The summed E-state index contributed by atoms with van der Waals surface area (Å²) in [7, 11) is 0. The van der Waals surface area contributed by atoms with Gasteiger partial charge in [-0.1, -0.05) is 13.3 Å². The molecule has 0 unspecified atom stereocenters. The second-order valence-electron chi connectivity index (χ2n) is 4.69. The van der Waals surface area contributed by atoms with Crippen LogP contribution in [0.2, 0.25) is 0 Å². The van der Waals surface area contributed by atoms with Gasteiger partial charge in [0, 0.05) is 12.7 Å². The summed E-state index contributed by atoms with van der Waals surface area (Å²) in [6, 6.07) is 3.51. The number of carbonyl (C=O) groups is 1. The summed E-state index contributed by atoms with van der Waals surface area (Å²) in [5.41, 5.74) is -0.164. The fourth-order valence-electron chi connectivity index (χ4n) is 2.00.